The zero-order valence-corrected chi connectivity index (χ0v) is 23.0. The molecule has 1 saturated carbocycles. The molecule has 2 aromatic carbocycles. The van der Waals surface area contributed by atoms with Gasteiger partial charge in [-0.25, -0.2) is 13.4 Å². The number of hydrogen-bond acceptors (Lipinski definition) is 6. The fraction of sp³-hybridized carbons (Fsp3) is 0.433. The van der Waals surface area contributed by atoms with Crippen LogP contribution in [0.25, 0.3) is 11.4 Å². The van der Waals surface area contributed by atoms with Gasteiger partial charge in [-0.05, 0) is 72.9 Å². The lowest BCUT2D eigenvalue weighted by Gasteiger charge is -2.33. The summed E-state index contributed by atoms with van der Waals surface area (Å²) in [5, 5.41) is 12.4. The summed E-state index contributed by atoms with van der Waals surface area (Å²) in [5.41, 5.74) is 5.94. The van der Waals surface area contributed by atoms with Gasteiger partial charge >= 0.3 is 0 Å². The molecule has 1 aromatic heterocycles. The van der Waals surface area contributed by atoms with E-state index in [4.69, 9.17) is 10.2 Å². The average Bonchev–Trinajstić information content (AvgIpc) is 3.35. The molecule has 1 amide bonds. The number of fused-ring (bicyclic) bond motifs is 1. The van der Waals surface area contributed by atoms with E-state index in [9.17, 15) is 13.2 Å². The Morgan fingerprint density at radius 2 is 1.82 bits per heavy atom. The zero-order chi connectivity index (χ0) is 27.1. The van der Waals surface area contributed by atoms with Crippen LogP contribution >= 0.6 is 0 Å². The Morgan fingerprint density at radius 1 is 1.08 bits per heavy atom. The highest BCUT2D eigenvalue weighted by Gasteiger charge is 2.32. The van der Waals surface area contributed by atoms with Gasteiger partial charge in [0.1, 0.15) is 5.82 Å². The van der Waals surface area contributed by atoms with E-state index in [2.05, 4.69) is 16.4 Å². The third kappa shape index (κ3) is 4.99. The number of amides is 1. The number of likely N-dealkylation sites (tertiary alicyclic amines) is 1. The van der Waals surface area contributed by atoms with E-state index in [1.54, 1.807) is 17.0 Å². The number of benzene rings is 2. The maximum Gasteiger partial charge on any atom is 0.255 e. The maximum absolute atomic E-state index is 13.9. The molecule has 202 valence electrons. The minimum absolute atomic E-state index is 0.116. The van der Waals surface area contributed by atoms with Crippen LogP contribution in [0.3, 0.4) is 0 Å². The van der Waals surface area contributed by atoms with Crippen molar-refractivity contribution in [2.45, 2.75) is 61.8 Å². The number of imidazole rings is 1. The molecule has 39 heavy (non-hydrogen) atoms. The smallest absolute Gasteiger partial charge is 0.255 e. The number of hydrogen-bond donors (Lipinski definition) is 2. The van der Waals surface area contributed by atoms with Gasteiger partial charge in [0.25, 0.3) is 5.91 Å². The van der Waals surface area contributed by atoms with Crippen LogP contribution < -0.4 is 5.32 Å². The number of sulfone groups is 1. The number of rotatable bonds is 5. The van der Waals surface area contributed by atoms with Crippen LogP contribution in [0.5, 0.6) is 0 Å². The second-order valence-electron chi connectivity index (χ2n) is 11.1. The number of aromatic amines is 1. The van der Waals surface area contributed by atoms with Crippen LogP contribution in [0.4, 0.5) is 0 Å². The predicted molar refractivity (Wildman–Crippen MR) is 148 cm³/mol. The van der Waals surface area contributed by atoms with Crippen molar-refractivity contribution in [2.24, 2.45) is 0 Å². The number of nitrogens with one attached hydrogen (secondary N) is 2. The molecule has 0 bridgehead atoms. The second-order valence-corrected chi connectivity index (χ2v) is 13.1. The van der Waals surface area contributed by atoms with Gasteiger partial charge in [0.05, 0.1) is 33.5 Å². The molecule has 6 rings (SSSR count). The van der Waals surface area contributed by atoms with Crippen LogP contribution in [0, 0.1) is 11.3 Å². The average molecular weight is 544 g/mol. The molecule has 3 aliphatic rings. The van der Waals surface area contributed by atoms with E-state index in [-0.39, 0.29) is 22.3 Å². The van der Waals surface area contributed by atoms with Crippen LogP contribution in [0.2, 0.25) is 0 Å². The lowest BCUT2D eigenvalue weighted by atomic mass is 9.77. The number of carbonyl (C=O) groups excluding carboxylic acids is 1. The highest BCUT2D eigenvalue weighted by Crippen LogP contribution is 2.43. The molecule has 1 aliphatic carbocycles. The number of aromatic nitrogens is 2. The van der Waals surface area contributed by atoms with Crippen LogP contribution in [-0.4, -0.2) is 55.1 Å². The molecule has 1 saturated heterocycles. The van der Waals surface area contributed by atoms with Gasteiger partial charge in [-0.1, -0.05) is 18.6 Å². The molecule has 0 radical (unpaired) electrons. The molecule has 9 heteroatoms. The summed E-state index contributed by atoms with van der Waals surface area (Å²) in [6, 6.07) is 13.3. The Balaban J connectivity index is 1.33. The first-order chi connectivity index (χ1) is 18.8. The molecule has 2 fully saturated rings. The quantitative estimate of drug-likeness (QED) is 0.496. The minimum atomic E-state index is -3.63. The van der Waals surface area contributed by atoms with Crippen molar-refractivity contribution in [3.05, 3.63) is 70.0 Å². The van der Waals surface area contributed by atoms with E-state index in [0.717, 1.165) is 80.0 Å². The summed E-state index contributed by atoms with van der Waals surface area (Å²) in [7, 11) is -3.63. The van der Waals surface area contributed by atoms with Gasteiger partial charge in [0.15, 0.2) is 9.84 Å². The predicted octanol–water partition coefficient (Wildman–Crippen LogP) is 4.28. The highest BCUT2D eigenvalue weighted by atomic mass is 32.2. The first-order valence-corrected chi connectivity index (χ1v) is 15.7. The highest BCUT2D eigenvalue weighted by molar-refractivity contribution is 7.90. The molecule has 0 atom stereocenters. The molecular formula is C30H33N5O3S. The fourth-order valence-corrected chi connectivity index (χ4v) is 6.98. The van der Waals surface area contributed by atoms with Gasteiger partial charge in [0, 0.05) is 44.4 Å². The van der Waals surface area contributed by atoms with Crippen LogP contribution in [0.1, 0.15) is 82.4 Å². The van der Waals surface area contributed by atoms with Crippen molar-refractivity contribution < 1.29 is 13.2 Å². The van der Waals surface area contributed by atoms with Crippen molar-refractivity contribution in [1.29, 1.82) is 5.26 Å². The van der Waals surface area contributed by atoms with E-state index < -0.39 is 9.84 Å². The van der Waals surface area contributed by atoms with E-state index in [0.29, 0.717) is 24.6 Å². The third-order valence-electron chi connectivity index (χ3n) is 8.58. The van der Waals surface area contributed by atoms with Crippen LogP contribution in [-0.2, 0) is 22.8 Å². The summed E-state index contributed by atoms with van der Waals surface area (Å²) < 4.78 is 26.0. The summed E-state index contributed by atoms with van der Waals surface area (Å²) in [6.45, 7) is 2.70. The molecule has 2 N–H and O–H groups in total. The lowest BCUT2D eigenvalue weighted by molar-refractivity contribution is 0.0709. The summed E-state index contributed by atoms with van der Waals surface area (Å²) in [6.07, 6.45) is 6.74. The fourth-order valence-electron chi connectivity index (χ4n) is 6.09. The van der Waals surface area contributed by atoms with Gasteiger partial charge < -0.3 is 15.2 Å². The Bertz CT molecular complexity index is 1530. The molecule has 3 heterocycles. The maximum atomic E-state index is 13.9. The molecule has 3 aromatic rings. The SMILES string of the molecule is CS(=O)(=O)c1cc(C2CCC2)c(-c2nc3c([nH]2)CNCC3)cc1C(=O)N1CCC(c2ccc(C#N)cc2)CC1. The number of nitrogens with zero attached hydrogens (tertiary/aromatic N) is 3. The summed E-state index contributed by atoms with van der Waals surface area (Å²) in [5.74, 6) is 1.05. The van der Waals surface area contributed by atoms with E-state index in [1.165, 1.54) is 11.8 Å². The zero-order valence-electron chi connectivity index (χ0n) is 22.2. The summed E-state index contributed by atoms with van der Waals surface area (Å²) in [4.78, 5) is 24.2. The minimum Gasteiger partial charge on any atom is -0.341 e. The molecule has 0 unspecified atom stereocenters. The van der Waals surface area contributed by atoms with Crippen molar-refractivity contribution in [3.63, 3.8) is 0 Å². The largest absolute Gasteiger partial charge is 0.341 e. The van der Waals surface area contributed by atoms with Gasteiger partial charge in [0.2, 0.25) is 0 Å². The van der Waals surface area contributed by atoms with Crippen molar-refractivity contribution in [2.75, 3.05) is 25.9 Å². The Morgan fingerprint density at radius 3 is 2.44 bits per heavy atom. The molecule has 0 spiro atoms. The van der Waals surface area contributed by atoms with Crippen LogP contribution in [0.15, 0.2) is 41.3 Å². The van der Waals surface area contributed by atoms with Crippen molar-refractivity contribution >= 4 is 15.7 Å². The summed E-state index contributed by atoms with van der Waals surface area (Å²) >= 11 is 0. The first kappa shape index (κ1) is 25.8. The number of carbonyl (C=O) groups is 1. The molecule has 8 nitrogen and oxygen atoms in total. The molecule has 2 aliphatic heterocycles. The Kier molecular flexibility index (Phi) is 6.77. The van der Waals surface area contributed by atoms with E-state index in [1.807, 2.05) is 24.3 Å². The third-order valence-corrected chi connectivity index (χ3v) is 9.72. The lowest BCUT2D eigenvalue weighted by Crippen LogP contribution is -2.38. The van der Waals surface area contributed by atoms with Gasteiger partial charge in [-0.3, -0.25) is 4.79 Å². The monoisotopic (exact) mass is 543 g/mol. The number of H-pyrrole nitrogens is 1. The first-order valence-electron chi connectivity index (χ1n) is 13.8. The number of piperidine rings is 1. The Labute approximate surface area is 229 Å². The van der Waals surface area contributed by atoms with Crippen molar-refractivity contribution in [3.8, 4) is 17.5 Å². The Hall–Kier alpha value is -3.48. The standard InChI is InChI=1S/C30H33N5O3S/c1-39(37,38)28-16-23(22-3-2-4-22)24(29-33-26-9-12-32-18-27(26)34-29)15-25(28)30(36)35-13-10-21(11-14-35)20-7-5-19(17-31)6-8-20/h5-8,15-16,21-22,32H,2-4,9-14,18H2,1H3,(H,33,34). The van der Waals surface area contributed by atoms with Crippen molar-refractivity contribution in [1.82, 2.24) is 20.2 Å². The normalized spacial score (nSPS) is 18.3. The second kappa shape index (κ2) is 10.2. The topological polar surface area (TPSA) is 119 Å². The number of nitriles is 1. The molecular weight excluding hydrogens is 510 g/mol. The van der Waals surface area contributed by atoms with Gasteiger partial charge in [-0.2, -0.15) is 5.26 Å². The van der Waals surface area contributed by atoms with E-state index >= 15 is 0 Å². The van der Waals surface area contributed by atoms with Gasteiger partial charge in [-0.15, -0.1) is 0 Å².